The second-order valence-corrected chi connectivity index (χ2v) is 5.95. The van der Waals surface area contributed by atoms with Crippen LogP contribution in [-0.4, -0.2) is 34.1 Å². The lowest BCUT2D eigenvalue weighted by Gasteiger charge is -2.37. The Balaban J connectivity index is 2.27. The Morgan fingerprint density at radius 1 is 1.50 bits per heavy atom. The monoisotopic (exact) mass is 343 g/mol. The summed E-state index contributed by atoms with van der Waals surface area (Å²) < 4.78 is 0.547. The van der Waals surface area contributed by atoms with Crippen molar-refractivity contribution < 1.29 is 14.8 Å². The van der Waals surface area contributed by atoms with Crippen molar-refractivity contribution in [1.29, 1.82) is 0 Å². The van der Waals surface area contributed by atoms with Crippen molar-refractivity contribution in [2.24, 2.45) is 5.41 Å². The fourth-order valence-corrected chi connectivity index (χ4v) is 2.87. The first kappa shape index (κ1) is 14.7. The van der Waals surface area contributed by atoms with Crippen LogP contribution < -0.4 is 4.90 Å². The van der Waals surface area contributed by atoms with Gasteiger partial charge in [0.05, 0.1) is 14.8 Å². The van der Waals surface area contributed by atoms with Crippen molar-refractivity contribution in [2.75, 3.05) is 18.0 Å². The van der Waals surface area contributed by atoms with E-state index in [9.17, 15) is 20.0 Å². The smallest absolute Gasteiger partial charge is 0.311 e. The molecule has 8 heteroatoms. The zero-order valence-corrected chi connectivity index (χ0v) is 12.5. The van der Waals surface area contributed by atoms with Gasteiger partial charge in [0.25, 0.3) is 0 Å². The number of carboxylic acids is 1. The fraction of sp³-hybridized carbons (Fsp3) is 0.500. The lowest BCUT2D eigenvalue weighted by atomic mass is 9.80. The van der Waals surface area contributed by atoms with Crippen molar-refractivity contribution in [1.82, 2.24) is 4.98 Å². The third-order valence-corrected chi connectivity index (χ3v) is 4.33. The molecule has 0 aromatic carbocycles. The van der Waals surface area contributed by atoms with Gasteiger partial charge in [-0.1, -0.05) is 0 Å². The first-order chi connectivity index (χ1) is 9.35. The Hall–Kier alpha value is -1.70. The highest BCUT2D eigenvalue weighted by atomic mass is 79.9. The quantitative estimate of drug-likeness (QED) is 0.668. The molecule has 2 rings (SSSR count). The van der Waals surface area contributed by atoms with Gasteiger partial charge in [-0.15, -0.1) is 0 Å². The van der Waals surface area contributed by atoms with E-state index >= 15 is 0 Å². The van der Waals surface area contributed by atoms with Gasteiger partial charge in [-0.3, -0.25) is 19.9 Å². The Bertz CT molecular complexity index is 556. The number of piperidine rings is 1. The molecule has 1 saturated heterocycles. The Morgan fingerprint density at radius 3 is 2.60 bits per heavy atom. The predicted octanol–water partition coefficient (Wildman–Crippen LogP) is 2.44. The van der Waals surface area contributed by atoms with Gasteiger partial charge in [-0.05, 0) is 35.7 Å². The molecule has 1 aromatic rings. The highest BCUT2D eigenvalue weighted by molar-refractivity contribution is 9.10. The van der Waals surface area contributed by atoms with E-state index < -0.39 is 16.3 Å². The van der Waals surface area contributed by atoms with E-state index in [-0.39, 0.29) is 5.69 Å². The lowest BCUT2D eigenvalue weighted by Crippen LogP contribution is -2.43. The van der Waals surface area contributed by atoms with Crippen LogP contribution in [0.4, 0.5) is 11.4 Å². The number of carboxylic acid groups (broad SMARTS) is 1. The van der Waals surface area contributed by atoms with Gasteiger partial charge in [0.15, 0.2) is 0 Å². The normalized spacial score (nSPS) is 17.8. The molecule has 2 heterocycles. The summed E-state index contributed by atoms with van der Waals surface area (Å²) in [6.45, 7) is 2.64. The number of pyridine rings is 1. The third-order valence-electron chi connectivity index (χ3n) is 3.75. The van der Waals surface area contributed by atoms with Crippen LogP contribution >= 0.6 is 15.9 Å². The minimum absolute atomic E-state index is 0.0710. The number of anilines is 1. The van der Waals surface area contributed by atoms with Crippen LogP contribution in [0.3, 0.4) is 0 Å². The first-order valence-electron chi connectivity index (χ1n) is 6.11. The van der Waals surface area contributed by atoms with Gasteiger partial charge in [-0.2, -0.15) is 0 Å². The van der Waals surface area contributed by atoms with Crippen LogP contribution in [0.5, 0.6) is 0 Å². The molecule has 0 spiro atoms. The number of nitrogens with zero attached hydrogens (tertiary/aromatic N) is 3. The Morgan fingerprint density at radius 2 is 2.10 bits per heavy atom. The number of aromatic nitrogens is 1. The van der Waals surface area contributed by atoms with Gasteiger partial charge in [0.1, 0.15) is 11.9 Å². The summed E-state index contributed by atoms with van der Waals surface area (Å²) in [5.74, 6) is -0.819. The van der Waals surface area contributed by atoms with Gasteiger partial charge < -0.3 is 10.0 Å². The minimum Gasteiger partial charge on any atom is -0.481 e. The molecule has 20 heavy (non-hydrogen) atoms. The number of aliphatic carboxylic acids is 1. The molecule has 108 valence electrons. The lowest BCUT2D eigenvalue weighted by molar-refractivity contribution is -0.384. The molecule has 1 aliphatic heterocycles. The Labute approximate surface area is 123 Å². The first-order valence-corrected chi connectivity index (χ1v) is 6.91. The zero-order valence-electron chi connectivity index (χ0n) is 10.9. The molecular weight excluding hydrogens is 330 g/mol. The zero-order chi connectivity index (χ0) is 14.9. The molecule has 1 aliphatic rings. The number of carbonyl (C=O) groups is 1. The SMILES string of the molecule is CC1(C(=O)O)CCN(c2c(Br)cncc2[N+](=O)[O-])CC1. The van der Waals surface area contributed by atoms with Gasteiger partial charge in [0.2, 0.25) is 0 Å². The number of nitro groups is 1. The molecule has 1 fully saturated rings. The molecule has 1 N–H and O–H groups in total. The molecule has 7 nitrogen and oxygen atoms in total. The summed E-state index contributed by atoms with van der Waals surface area (Å²) >= 11 is 3.28. The van der Waals surface area contributed by atoms with Crippen LogP contribution in [0.25, 0.3) is 0 Å². The van der Waals surface area contributed by atoms with E-state index in [1.807, 2.05) is 4.90 Å². The minimum atomic E-state index is -0.819. The predicted molar refractivity (Wildman–Crippen MR) is 75.8 cm³/mol. The molecule has 0 saturated carbocycles. The van der Waals surface area contributed by atoms with Gasteiger partial charge >= 0.3 is 11.7 Å². The van der Waals surface area contributed by atoms with Crippen molar-refractivity contribution in [3.05, 3.63) is 27.0 Å². The molecular formula is C12H14BrN3O4. The van der Waals surface area contributed by atoms with Crippen molar-refractivity contribution in [2.45, 2.75) is 19.8 Å². The van der Waals surface area contributed by atoms with E-state index in [0.717, 1.165) is 0 Å². The van der Waals surface area contributed by atoms with E-state index in [1.165, 1.54) is 12.4 Å². The molecule has 0 aliphatic carbocycles. The molecule has 0 atom stereocenters. The summed E-state index contributed by atoms with van der Waals surface area (Å²) in [7, 11) is 0. The second-order valence-electron chi connectivity index (χ2n) is 5.10. The number of halogens is 1. The van der Waals surface area contributed by atoms with Crippen LogP contribution in [0.2, 0.25) is 0 Å². The third kappa shape index (κ3) is 2.60. The van der Waals surface area contributed by atoms with Crippen LogP contribution in [0.1, 0.15) is 19.8 Å². The summed E-state index contributed by atoms with van der Waals surface area (Å²) in [6.07, 6.45) is 3.63. The summed E-state index contributed by atoms with van der Waals surface area (Å²) in [5, 5.41) is 20.3. The summed E-state index contributed by atoms with van der Waals surface area (Å²) in [6, 6.07) is 0. The van der Waals surface area contributed by atoms with Crippen molar-refractivity contribution >= 4 is 33.3 Å². The van der Waals surface area contributed by atoms with Crippen LogP contribution in [0, 0.1) is 15.5 Å². The maximum Gasteiger partial charge on any atom is 0.311 e. The molecule has 0 bridgehead atoms. The van der Waals surface area contributed by atoms with E-state index in [4.69, 9.17) is 0 Å². The standard InChI is InChI=1S/C12H14BrN3O4/c1-12(11(17)18)2-4-15(5-3-12)10-8(13)6-14-7-9(10)16(19)20/h6-7H,2-5H2,1H3,(H,17,18). The van der Waals surface area contributed by atoms with Crippen molar-refractivity contribution in [3.8, 4) is 0 Å². The maximum atomic E-state index is 11.2. The van der Waals surface area contributed by atoms with Crippen LogP contribution in [0.15, 0.2) is 16.9 Å². The fourth-order valence-electron chi connectivity index (χ4n) is 2.30. The van der Waals surface area contributed by atoms with Crippen molar-refractivity contribution in [3.63, 3.8) is 0 Å². The maximum absolute atomic E-state index is 11.2. The molecule has 0 unspecified atom stereocenters. The average molecular weight is 344 g/mol. The summed E-state index contributed by atoms with van der Waals surface area (Å²) in [5.41, 5.74) is -0.360. The largest absolute Gasteiger partial charge is 0.481 e. The van der Waals surface area contributed by atoms with E-state index in [2.05, 4.69) is 20.9 Å². The average Bonchev–Trinajstić information content (AvgIpc) is 2.39. The number of hydrogen-bond acceptors (Lipinski definition) is 5. The Kier molecular flexibility index (Phi) is 3.94. The molecule has 1 aromatic heterocycles. The summed E-state index contributed by atoms with van der Waals surface area (Å²) in [4.78, 5) is 27.5. The van der Waals surface area contributed by atoms with E-state index in [1.54, 1.807) is 6.92 Å². The second kappa shape index (κ2) is 5.35. The highest BCUT2D eigenvalue weighted by Gasteiger charge is 2.38. The van der Waals surface area contributed by atoms with Gasteiger partial charge in [-0.25, -0.2) is 0 Å². The number of rotatable bonds is 3. The topological polar surface area (TPSA) is 96.6 Å². The van der Waals surface area contributed by atoms with Crippen LogP contribution in [-0.2, 0) is 4.79 Å². The molecule has 0 amide bonds. The van der Waals surface area contributed by atoms with E-state index in [0.29, 0.717) is 36.1 Å². The van der Waals surface area contributed by atoms with Gasteiger partial charge in [0, 0.05) is 19.3 Å². The molecule has 0 radical (unpaired) electrons. The highest BCUT2D eigenvalue weighted by Crippen LogP contribution is 2.39. The number of hydrogen-bond donors (Lipinski definition) is 1.